The minimum absolute atomic E-state index is 0.0924. The Morgan fingerprint density at radius 1 is 0.318 bits per heavy atom. The van der Waals surface area contributed by atoms with Crippen LogP contribution in [0.1, 0.15) is 258 Å². The second-order valence-electron chi connectivity index (χ2n) is 18.1. The van der Waals surface area contributed by atoms with E-state index < -0.39 is 6.10 Å². The lowest BCUT2D eigenvalue weighted by molar-refractivity contribution is -0.167. The molecule has 0 aliphatic rings. The van der Waals surface area contributed by atoms with Gasteiger partial charge in [-0.25, -0.2) is 0 Å². The zero-order chi connectivity index (χ0) is 47.9. The quantitative estimate of drug-likeness (QED) is 0.0262. The predicted molar refractivity (Wildman–Crippen MR) is 284 cm³/mol. The van der Waals surface area contributed by atoms with Crippen molar-refractivity contribution in [3.63, 3.8) is 0 Å². The third-order valence-corrected chi connectivity index (χ3v) is 11.7. The van der Waals surface area contributed by atoms with Gasteiger partial charge in [0.25, 0.3) is 0 Å². The smallest absolute Gasteiger partial charge is 0.306 e. The van der Waals surface area contributed by atoms with E-state index in [1.165, 1.54) is 122 Å². The maximum absolute atomic E-state index is 12.8. The van der Waals surface area contributed by atoms with Crippen molar-refractivity contribution in [2.24, 2.45) is 0 Å². The molecule has 0 aromatic rings. The summed E-state index contributed by atoms with van der Waals surface area (Å²) in [6.07, 6.45) is 70.3. The van der Waals surface area contributed by atoms with Crippen LogP contribution in [0, 0.1) is 0 Å². The van der Waals surface area contributed by atoms with E-state index in [1.54, 1.807) is 0 Å². The second-order valence-corrected chi connectivity index (χ2v) is 18.1. The minimum Gasteiger partial charge on any atom is -0.462 e. The van der Waals surface area contributed by atoms with E-state index in [0.717, 1.165) is 89.9 Å². The highest BCUT2D eigenvalue weighted by molar-refractivity contribution is 5.71. The van der Waals surface area contributed by atoms with Gasteiger partial charge in [-0.05, 0) is 70.6 Å². The first-order chi connectivity index (χ1) is 32.5. The second kappa shape index (κ2) is 54.2. The normalized spacial score (nSPS) is 12.7. The van der Waals surface area contributed by atoms with Crippen LogP contribution in [-0.4, -0.2) is 37.2 Å². The van der Waals surface area contributed by atoms with Crippen molar-refractivity contribution in [1.82, 2.24) is 0 Å². The standard InChI is InChI=1S/C60H102O6/c1-4-7-10-13-16-18-20-22-24-26-28-29-30-31-32-34-35-37-39-41-44-47-50-53-59(62)65-56-57(55-64-58(61)52-49-46-43-15-12-9-6-3)66-60(63)54-51-48-45-42-40-38-36-33-27-25-23-21-19-17-14-11-8-5-2/h7,10,16,18,22,24,28-29,31-32,35,37,41,44,57H,4-6,8-9,11-15,17,19-21,23,25-27,30,33-34,36,38-40,42-43,45-56H2,1-3H3/b10-7-,18-16-,24-22-,29-28-,32-31-,37-35-,44-41-. The molecule has 0 aliphatic carbocycles. The molecule has 0 saturated heterocycles. The molecule has 0 aliphatic heterocycles. The van der Waals surface area contributed by atoms with Crippen LogP contribution in [0.25, 0.3) is 0 Å². The Morgan fingerprint density at radius 3 is 0.924 bits per heavy atom. The van der Waals surface area contributed by atoms with Gasteiger partial charge in [0, 0.05) is 19.3 Å². The summed E-state index contributed by atoms with van der Waals surface area (Å²) in [5.41, 5.74) is 0. The highest BCUT2D eigenvalue weighted by Gasteiger charge is 2.19. The van der Waals surface area contributed by atoms with Gasteiger partial charge in [-0.2, -0.15) is 0 Å². The van der Waals surface area contributed by atoms with Gasteiger partial charge in [-0.3, -0.25) is 14.4 Å². The molecule has 0 aromatic heterocycles. The summed E-state index contributed by atoms with van der Waals surface area (Å²) in [5.74, 6) is -0.956. The van der Waals surface area contributed by atoms with E-state index in [2.05, 4.69) is 106 Å². The van der Waals surface area contributed by atoms with Crippen molar-refractivity contribution in [3.05, 3.63) is 85.1 Å². The number of allylic oxidation sites excluding steroid dienone is 14. The SMILES string of the molecule is CC/C=C\C/C=C\C/C=C\C/C=C\C/C=C\C/C=C\C/C=C\CCCC(=O)OCC(COC(=O)CCCCCCCCC)OC(=O)CCCCCCCCCCCCCCCCCCCC. The molecule has 0 N–H and O–H groups in total. The van der Waals surface area contributed by atoms with Crippen molar-refractivity contribution in [2.75, 3.05) is 13.2 Å². The molecule has 0 fully saturated rings. The van der Waals surface area contributed by atoms with Gasteiger partial charge in [-0.15, -0.1) is 0 Å². The number of carbonyl (C=O) groups is 3. The Bertz CT molecular complexity index is 1290. The van der Waals surface area contributed by atoms with E-state index in [-0.39, 0.29) is 37.5 Å². The Kier molecular flexibility index (Phi) is 51.4. The van der Waals surface area contributed by atoms with E-state index in [0.29, 0.717) is 19.3 Å². The molecule has 66 heavy (non-hydrogen) atoms. The molecule has 0 saturated carbocycles. The lowest BCUT2D eigenvalue weighted by Crippen LogP contribution is -2.30. The summed E-state index contributed by atoms with van der Waals surface area (Å²) in [6, 6.07) is 0. The van der Waals surface area contributed by atoms with Gasteiger partial charge in [0.2, 0.25) is 0 Å². The van der Waals surface area contributed by atoms with Crippen LogP contribution >= 0.6 is 0 Å². The zero-order valence-corrected chi connectivity index (χ0v) is 43.2. The van der Waals surface area contributed by atoms with Crippen LogP contribution in [0.3, 0.4) is 0 Å². The fraction of sp³-hybridized carbons (Fsp3) is 0.717. The lowest BCUT2D eigenvalue weighted by atomic mass is 10.0. The Labute approximate surface area is 407 Å². The highest BCUT2D eigenvalue weighted by Crippen LogP contribution is 2.16. The van der Waals surface area contributed by atoms with Crippen molar-refractivity contribution < 1.29 is 28.6 Å². The van der Waals surface area contributed by atoms with Crippen LogP contribution in [0.5, 0.6) is 0 Å². The molecule has 0 amide bonds. The fourth-order valence-electron chi connectivity index (χ4n) is 7.55. The largest absolute Gasteiger partial charge is 0.462 e. The van der Waals surface area contributed by atoms with Gasteiger partial charge < -0.3 is 14.2 Å². The Hall–Kier alpha value is -3.41. The number of unbranched alkanes of at least 4 members (excludes halogenated alkanes) is 24. The van der Waals surface area contributed by atoms with Crippen LogP contribution < -0.4 is 0 Å². The average molecular weight is 919 g/mol. The minimum atomic E-state index is -0.795. The molecule has 0 bridgehead atoms. The first kappa shape index (κ1) is 62.6. The maximum Gasteiger partial charge on any atom is 0.306 e. The number of ether oxygens (including phenoxy) is 3. The Balaban J connectivity index is 4.32. The summed E-state index contributed by atoms with van der Waals surface area (Å²) in [6.45, 7) is 6.45. The summed E-state index contributed by atoms with van der Waals surface area (Å²) < 4.78 is 16.7. The third-order valence-electron chi connectivity index (χ3n) is 11.7. The van der Waals surface area contributed by atoms with Gasteiger partial charge in [0.1, 0.15) is 13.2 Å². The van der Waals surface area contributed by atoms with E-state index >= 15 is 0 Å². The van der Waals surface area contributed by atoms with Gasteiger partial charge in [0.15, 0.2) is 6.10 Å². The maximum atomic E-state index is 12.8. The number of carbonyl (C=O) groups excluding carboxylic acids is 3. The number of hydrogen-bond donors (Lipinski definition) is 0. The number of hydrogen-bond acceptors (Lipinski definition) is 6. The van der Waals surface area contributed by atoms with Gasteiger partial charge in [-0.1, -0.05) is 254 Å². The molecule has 0 radical (unpaired) electrons. The summed E-state index contributed by atoms with van der Waals surface area (Å²) in [7, 11) is 0. The van der Waals surface area contributed by atoms with Crippen molar-refractivity contribution in [1.29, 1.82) is 0 Å². The average Bonchev–Trinajstić information content (AvgIpc) is 3.31. The van der Waals surface area contributed by atoms with Crippen molar-refractivity contribution in [3.8, 4) is 0 Å². The molecule has 0 rings (SSSR count). The third kappa shape index (κ3) is 51.6. The molecule has 0 aromatic carbocycles. The zero-order valence-electron chi connectivity index (χ0n) is 43.2. The van der Waals surface area contributed by atoms with Gasteiger partial charge >= 0.3 is 17.9 Å². The number of esters is 3. The van der Waals surface area contributed by atoms with E-state index in [9.17, 15) is 14.4 Å². The van der Waals surface area contributed by atoms with Crippen LogP contribution in [-0.2, 0) is 28.6 Å². The van der Waals surface area contributed by atoms with Crippen molar-refractivity contribution in [2.45, 2.75) is 264 Å². The van der Waals surface area contributed by atoms with E-state index in [4.69, 9.17) is 14.2 Å². The topological polar surface area (TPSA) is 78.9 Å². The highest BCUT2D eigenvalue weighted by atomic mass is 16.6. The summed E-state index contributed by atoms with van der Waals surface area (Å²) >= 11 is 0. The molecule has 378 valence electrons. The predicted octanol–water partition coefficient (Wildman–Crippen LogP) is 18.4. The molecule has 0 heterocycles. The summed E-state index contributed by atoms with van der Waals surface area (Å²) in [4.78, 5) is 37.9. The van der Waals surface area contributed by atoms with Crippen LogP contribution in [0.15, 0.2) is 85.1 Å². The van der Waals surface area contributed by atoms with E-state index in [1.807, 2.05) is 0 Å². The fourth-order valence-corrected chi connectivity index (χ4v) is 7.55. The molecule has 1 unspecified atom stereocenters. The first-order valence-electron chi connectivity index (χ1n) is 27.6. The lowest BCUT2D eigenvalue weighted by Gasteiger charge is -2.18. The molecule has 6 nitrogen and oxygen atoms in total. The molecule has 1 atom stereocenters. The van der Waals surface area contributed by atoms with Gasteiger partial charge in [0.05, 0.1) is 0 Å². The molecule has 6 heteroatoms. The van der Waals surface area contributed by atoms with Crippen LogP contribution in [0.4, 0.5) is 0 Å². The molecule has 0 spiro atoms. The number of rotatable bonds is 49. The van der Waals surface area contributed by atoms with Crippen molar-refractivity contribution >= 4 is 17.9 Å². The van der Waals surface area contributed by atoms with Crippen LogP contribution in [0.2, 0.25) is 0 Å². The molecular weight excluding hydrogens is 817 g/mol. The summed E-state index contributed by atoms with van der Waals surface area (Å²) in [5, 5.41) is 0. The monoisotopic (exact) mass is 919 g/mol. The Morgan fingerprint density at radius 2 is 0.591 bits per heavy atom. The first-order valence-corrected chi connectivity index (χ1v) is 27.6. The molecular formula is C60H102O6.